The molecule has 1 aliphatic heterocycles. The Morgan fingerprint density at radius 1 is 1.36 bits per heavy atom. The highest BCUT2D eigenvalue weighted by Gasteiger charge is 2.39. The van der Waals surface area contributed by atoms with E-state index in [4.69, 9.17) is 4.74 Å². The molecule has 0 bridgehead atoms. The standard InChI is InChI=1S/C17H17F3N6O2/c1-25-16-13(14(24-25)17(18,19)20)15(22-23-16)21-12(27)9-26-6-7-28-11-5-3-2-4-10(11)8-26/h2-5H,6-9H2,1H3,(H2,21,22,23,27). The van der Waals surface area contributed by atoms with E-state index >= 15 is 0 Å². The number of hydrogen-bond acceptors (Lipinski definition) is 5. The van der Waals surface area contributed by atoms with Crippen molar-refractivity contribution in [1.82, 2.24) is 24.9 Å². The first-order chi connectivity index (χ1) is 13.3. The highest BCUT2D eigenvalue weighted by atomic mass is 19.4. The minimum Gasteiger partial charge on any atom is -0.492 e. The van der Waals surface area contributed by atoms with Gasteiger partial charge in [0.1, 0.15) is 18.2 Å². The zero-order chi connectivity index (χ0) is 19.9. The van der Waals surface area contributed by atoms with Crippen molar-refractivity contribution in [2.75, 3.05) is 25.0 Å². The second-order valence-electron chi connectivity index (χ2n) is 6.48. The Morgan fingerprint density at radius 3 is 2.93 bits per heavy atom. The van der Waals surface area contributed by atoms with Gasteiger partial charge in [-0.15, -0.1) is 0 Å². The SMILES string of the molecule is Cn1nc(C(F)(F)F)c2c(NC(=O)CN3CCOc4ccccc4C3)[nH]nc21. The molecule has 0 atom stereocenters. The third kappa shape index (κ3) is 3.40. The number of alkyl halides is 3. The second-order valence-corrected chi connectivity index (χ2v) is 6.48. The van der Waals surface area contributed by atoms with Crippen LogP contribution < -0.4 is 10.1 Å². The van der Waals surface area contributed by atoms with E-state index in [9.17, 15) is 18.0 Å². The molecular weight excluding hydrogens is 377 g/mol. The predicted octanol–water partition coefficient (Wildman–Crippen LogP) is 2.15. The number of nitrogens with zero attached hydrogens (tertiary/aromatic N) is 4. The minimum atomic E-state index is -4.66. The molecule has 3 heterocycles. The Morgan fingerprint density at radius 2 is 2.14 bits per heavy atom. The molecule has 0 saturated carbocycles. The van der Waals surface area contributed by atoms with E-state index in [-0.39, 0.29) is 23.4 Å². The van der Waals surface area contributed by atoms with Crippen molar-refractivity contribution in [3.05, 3.63) is 35.5 Å². The number of nitrogens with one attached hydrogen (secondary N) is 2. The molecule has 0 fully saturated rings. The van der Waals surface area contributed by atoms with E-state index in [1.54, 1.807) is 0 Å². The van der Waals surface area contributed by atoms with Crippen molar-refractivity contribution in [2.24, 2.45) is 7.05 Å². The number of carbonyl (C=O) groups is 1. The van der Waals surface area contributed by atoms with Crippen LogP contribution in [0.5, 0.6) is 5.75 Å². The lowest BCUT2D eigenvalue weighted by molar-refractivity contribution is -0.140. The van der Waals surface area contributed by atoms with E-state index in [2.05, 4.69) is 20.6 Å². The Balaban J connectivity index is 1.52. The highest BCUT2D eigenvalue weighted by Crippen LogP contribution is 2.36. The number of amides is 1. The maximum Gasteiger partial charge on any atom is 0.435 e. The molecule has 0 aliphatic carbocycles. The zero-order valence-electron chi connectivity index (χ0n) is 14.9. The minimum absolute atomic E-state index is 0.000178. The van der Waals surface area contributed by atoms with Gasteiger partial charge in [-0.2, -0.15) is 23.4 Å². The number of hydrogen-bond donors (Lipinski definition) is 2. The van der Waals surface area contributed by atoms with Crippen molar-refractivity contribution in [1.29, 1.82) is 0 Å². The van der Waals surface area contributed by atoms with Gasteiger partial charge in [0.15, 0.2) is 11.3 Å². The van der Waals surface area contributed by atoms with Crippen LogP contribution in [0, 0.1) is 0 Å². The molecule has 148 valence electrons. The van der Waals surface area contributed by atoms with Crippen LogP contribution >= 0.6 is 0 Å². The summed E-state index contributed by atoms with van der Waals surface area (Å²) < 4.78 is 46.4. The Hall–Kier alpha value is -3.08. The molecule has 0 radical (unpaired) electrons. The van der Waals surface area contributed by atoms with Crippen molar-refractivity contribution in [3.8, 4) is 5.75 Å². The number of H-pyrrole nitrogens is 1. The summed E-state index contributed by atoms with van der Waals surface area (Å²) in [7, 11) is 1.36. The van der Waals surface area contributed by atoms with Gasteiger partial charge < -0.3 is 10.1 Å². The van der Waals surface area contributed by atoms with Crippen LogP contribution in [0.15, 0.2) is 24.3 Å². The molecule has 0 spiro atoms. The van der Waals surface area contributed by atoms with Gasteiger partial charge in [0.05, 0.1) is 11.9 Å². The maximum atomic E-state index is 13.2. The fourth-order valence-corrected chi connectivity index (χ4v) is 3.22. The van der Waals surface area contributed by atoms with E-state index < -0.39 is 17.8 Å². The molecule has 4 rings (SSSR count). The van der Waals surface area contributed by atoms with Gasteiger partial charge in [0.2, 0.25) is 5.91 Å². The number of aromatic amines is 1. The maximum absolute atomic E-state index is 13.2. The summed E-state index contributed by atoms with van der Waals surface area (Å²) in [5, 5.41) is 12.0. The summed E-state index contributed by atoms with van der Waals surface area (Å²) in [6.07, 6.45) is -4.66. The van der Waals surface area contributed by atoms with Crippen molar-refractivity contribution in [2.45, 2.75) is 12.7 Å². The zero-order valence-corrected chi connectivity index (χ0v) is 14.9. The lowest BCUT2D eigenvalue weighted by atomic mass is 10.2. The third-order valence-electron chi connectivity index (χ3n) is 4.47. The van der Waals surface area contributed by atoms with Crippen LogP contribution in [0.4, 0.5) is 19.0 Å². The molecule has 2 N–H and O–H groups in total. The van der Waals surface area contributed by atoms with Crippen molar-refractivity contribution >= 4 is 22.8 Å². The van der Waals surface area contributed by atoms with Crippen LogP contribution in [0.25, 0.3) is 11.0 Å². The van der Waals surface area contributed by atoms with Gasteiger partial charge in [-0.1, -0.05) is 18.2 Å². The first-order valence-electron chi connectivity index (χ1n) is 8.54. The number of ether oxygens (including phenoxy) is 1. The Labute approximate surface area is 157 Å². The Kier molecular flexibility index (Phi) is 4.46. The molecule has 1 aliphatic rings. The fraction of sp³-hybridized carbons (Fsp3) is 0.353. The molecule has 1 amide bonds. The average molecular weight is 394 g/mol. The van der Waals surface area contributed by atoms with E-state index in [1.165, 1.54) is 7.05 Å². The quantitative estimate of drug-likeness (QED) is 0.711. The fourth-order valence-electron chi connectivity index (χ4n) is 3.22. The first-order valence-corrected chi connectivity index (χ1v) is 8.54. The molecule has 0 unspecified atom stereocenters. The van der Waals surface area contributed by atoms with Crippen LogP contribution in [-0.2, 0) is 24.6 Å². The summed E-state index contributed by atoms with van der Waals surface area (Å²) >= 11 is 0. The number of benzene rings is 1. The van der Waals surface area contributed by atoms with Crippen molar-refractivity contribution in [3.63, 3.8) is 0 Å². The molecule has 1 aromatic carbocycles. The lowest BCUT2D eigenvalue weighted by Gasteiger charge is -2.18. The van der Waals surface area contributed by atoms with Crippen molar-refractivity contribution < 1.29 is 22.7 Å². The molecule has 2 aromatic heterocycles. The summed E-state index contributed by atoms with van der Waals surface area (Å²) in [6.45, 7) is 1.43. The summed E-state index contributed by atoms with van der Waals surface area (Å²) in [6, 6.07) is 7.53. The number of halogens is 3. The number of carbonyl (C=O) groups excluding carboxylic acids is 1. The molecule has 0 saturated heterocycles. The van der Waals surface area contributed by atoms with Crippen LogP contribution in [-0.4, -0.2) is 50.5 Å². The number of aryl methyl sites for hydroxylation is 1. The van der Waals surface area contributed by atoms with E-state index in [0.29, 0.717) is 19.7 Å². The number of rotatable bonds is 3. The van der Waals surface area contributed by atoms with Gasteiger partial charge in [-0.05, 0) is 6.07 Å². The molecule has 28 heavy (non-hydrogen) atoms. The normalized spacial score (nSPS) is 15.1. The Bertz CT molecular complexity index is 1030. The topological polar surface area (TPSA) is 88.1 Å². The summed E-state index contributed by atoms with van der Waals surface area (Å²) in [5.41, 5.74) is -0.130. The van der Waals surface area contributed by atoms with Gasteiger partial charge in [0, 0.05) is 25.7 Å². The van der Waals surface area contributed by atoms with E-state index in [0.717, 1.165) is 16.0 Å². The average Bonchev–Trinajstić information content (AvgIpc) is 3.10. The summed E-state index contributed by atoms with van der Waals surface area (Å²) in [4.78, 5) is 14.3. The van der Waals surface area contributed by atoms with Crippen LogP contribution in [0.2, 0.25) is 0 Å². The van der Waals surface area contributed by atoms with E-state index in [1.807, 2.05) is 29.2 Å². The third-order valence-corrected chi connectivity index (χ3v) is 4.47. The number of para-hydroxylation sites is 1. The molecular formula is C17H17F3N6O2. The molecule has 11 heteroatoms. The van der Waals surface area contributed by atoms with Gasteiger partial charge in [-0.25, -0.2) is 4.68 Å². The van der Waals surface area contributed by atoms with Crippen LogP contribution in [0.3, 0.4) is 0 Å². The smallest absolute Gasteiger partial charge is 0.435 e. The largest absolute Gasteiger partial charge is 0.492 e. The monoisotopic (exact) mass is 394 g/mol. The predicted molar refractivity (Wildman–Crippen MR) is 93.7 cm³/mol. The van der Waals surface area contributed by atoms with Gasteiger partial charge >= 0.3 is 6.18 Å². The highest BCUT2D eigenvalue weighted by molar-refractivity contribution is 6.00. The summed E-state index contributed by atoms with van der Waals surface area (Å²) in [5.74, 6) is 0.194. The van der Waals surface area contributed by atoms with Gasteiger partial charge in [-0.3, -0.25) is 14.8 Å². The van der Waals surface area contributed by atoms with Crippen LogP contribution in [0.1, 0.15) is 11.3 Å². The second kappa shape index (κ2) is 6.82. The first kappa shape index (κ1) is 18.3. The lowest BCUT2D eigenvalue weighted by Crippen LogP contribution is -2.34. The number of fused-ring (bicyclic) bond motifs is 2. The van der Waals surface area contributed by atoms with Gasteiger partial charge in [0.25, 0.3) is 0 Å². The number of aromatic nitrogens is 4. The molecule has 3 aromatic rings. The molecule has 8 nitrogen and oxygen atoms in total. The number of anilines is 1.